The van der Waals surface area contributed by atoms with Crippen LogP contribution in [-0.4, -0.2) is 51.7 Å². The summed E-state index contributed by atoms with van der Waals surface area (Å²) in [7, 11) is 0. The Morgan fingerprint density at radius 2 is 2.11 bits per heavy atom. The summed E-state index contributed by atoms with van der Waals surface area (Å²) in [6, 6.07) is 10.7. The van der Waals surface area contributed by atoms with E-state index in [2.05, 4.69) is 15.6 Å². The lowest BCUT2D eigenvalue weighted by molar-refractivity contribution is -0.120. The van der Waals surface area contributed by atoms with E-state index < -0.39 is 0 Å². The highest BCUT2D eigenvalue weighted by atomic mass is 19.1. The summed E-state index contributed by atoms with van der Waals surface area (Å²) in [5.74, 6) is 2.04. The lowest BCUT2D eigenvalue weighted by atomic mass is 9.81. The van der Waals surface area contributed by atoms with Crippen molar-refractivity contribution in [2.75, 3.05) is 39.6 Å². The molecule has 35 heavy (non-hydrogen) atoms. The van der Waals surface area contributed by atoms with Crippen molar-refractivity contribution in [1.82, 2.24) is 10.6 Å². The van der Waals surface area contributed by atoms with E-state index in [0.717, 1.165) is 48.6 Å². The van der Waals surface area contributed by atoms with Crippen LogP contribution in [0.15, 0.2) is 53.0 Å². The van der Waals surface area contributed by atoms with Crippen LogP contribution in [0, 0.1) is 11.7 Å². The second-order valence-electron chi connectivity index (χ2n) is 9.09. The molecule has 2 N–H and O–H groups in total. The minimum atomic E-state index is -0.350. The molecule has 1 saturated heterocycles. The number of amides is 1. The summed E-state index contributed by atoms with van der Waals surface area (Å²) >= 11 is 0. The Morgan fingerprint density at radius 1 is 1.20 bits per heavy atom. The van der Waals surface area contributed by atoms with E-state index in [1.54, 1.807) is 0 Å². The largest absolute Gasteiger partial charge is 0.493 e. The molecule has 8 heteroatoms. The van der Waals surface area contributed by atoms with Gasteiger partial charge in [-0.1, -0.05) is 18.2 Å². The second kappa shape index (κ2) is 10.9. The average Bonchev–Trinajstić information content (AvgIpc) is 3.56. The van der Waals surface area contributed by atoms with Gasteiger partial charge in [-0.3, -0.25) is 9.79 Å². The maximum atomic E-state index is 14.6. The Kier molecular flexibility index (Phi) is 7.28. The highest BCUT2D eigenvalue weighted by Gasteiger charge is 2.28. The molecule has 2 atom stereocenters. The van der Waals surface area contributed by atoms with Crippen molar-refractivity contribution in [3.63, 3.8) is 0 Å². The molecule has 5 rings (SSSR count). The van der Waals surface area contributed by atoms with Crippen molar-refractivity contribution in [2.45, 2.75) is 25.2 Å². The van der Waals surface area contributed by atoms with Gasteiger partial charge in [0.15, 0.2) is 11.5 Å². The molecule has 184 valence electrons. The standard InChI is InChI=1S/C27H30FN3O4/c28-24-3-1-19(11-20(24)12-27(32)31-10-6-18-5-8-29-14-18)23-7-9-30-15-21(23)16-33-22-2-4-25-26(13-22)35-17-34-25/h1-5,11,13-14,21,23,30H,6-10,12,15-17H2,(H,31,32)/t21-,23-/m0/s1. The molecule has 1 fully saturated rings. The number of ether oxygens (including phenoxy) is 3. The van der Waals surface area contributed by atoms with Gasteiger partial charge in [-0.25, -0.2) is 4.39 Å². The Labute approximate surface area is 204 Å². The van der Waals surface area contributed by atoms with Crippen molar-refractivity contribution in [2.24, 2.45) is 10.9 Å². The molecule has 7 nitrogen and oxygen atoms in total. The summed E-state index contributed by atoms with van der Waals surface area (Å²) in [5.41, 5.74) is 2.59. The second-order valence-corrected chi connectivity index (χ2v) is 9.09. The van der Waals surface area contributed by atoms with Crippen LogP contribution in [0.3, 0.4) is 0 Å². The van der Waals surface area contributed by atoms with Crippen LogP contribution in [0.5, 0.6) is 17.2 Å². The van der Waals surface area contributed by atoms with Gasteiger partial charge < -0.3 is 24.8 Å². The molecule has 0 spiro atoms. The molecule has 0 unspecified atom stereocenters. The van der Waals surface area contributed by atoms with Crippen molar-refractivity contribution in [3.8, 4) is 17.2 Å². The topological polar surface area (TPSA) is 81.2 Å². The van der Waals surface area contributed by atoms with E-state index in [1.165, 1.54) is 6.07 Å². The third-order valence-corrected chi connectivity index (χ3v) is 6.72. The normalized spacial score (nSPS) is 20.5. The third kappa shape index (κ3) is 5.82. The van der Waals surface area contributed by atoms with Gasteiger partial charge in [0.25, 0.3) is 0 Å². The fourth-order valence-electron chi connectivity index (χ4n) is 4.81. The van der Waals surface area contributed by atoms with Crippen molar-refractivity contribution >= 4 is 12.1 Å². The number of hydrogen-bond donors (Lipinski definition) is 2. The van der Waals surface area contributed by atoms with E-state index in [0.29, 0.717) is 31.0 Å². The number of fused-ring (bicyclic) bond motifs is 1. The molecule has 0 aliphatic carbocycles. The van der Waals surface area contributed by atoms with E-state index in [1.807, 2.05) is 42.6 Å². The maximum Gasteiger partial charge on any atom is 0.231 e. The average molecular weight is 480 g/mol. The molecular formula is C27H30FN3O4. The summed E-state index contributed by atoms with van der Waals surface area (Å²) in [6.45, 7) is 3.67. The minimum Gasteiger partial charge on any atom is -0.493 e. The van der Waals surface area contributed by atoms with E-state index >= 15 is 0 Å². The van der Waals surface area contributed by atoms with Gasteiger partial charge in [-0.05, 0) is 60.2 Å². The number of carbonyl (C=O) groups is 1. The fourth-order valence-corrected chi connectivity index (χ4v) is 4.81. The molecule has 2 aromatic carbocycles. The zero-order valence-electron chi connectivity index (χ0n) is 19.6. The number of piperidine rings is 1. The summed E-state index contributed by atoms with van der Waals surface area (Å²) in [6.07, 6.45) is 5.55. The lowest BCUT2D eigenvalue weighted by Crippen LogP contribution is -2.38. The van der Waals surface area contributed by atoms with Crippen LogP contribution in [0.25, 0.3) is 0 Å². The van der Waals surface area contributed by atoms with Crippen LogP contribution < -0.4 is 24.8 Å². The zero-order chi connectivity index (χ0) is 24.0. The predicted molar refractivity (Wildman–Crippen MR) is 131 cm³/mol. The first-order chi connectivity index (χ1) is 17.2. The Hall–Kier alpha value is -3.39. The molecule has 3 heterocycles. The monoisotopic (exact) mass is 479 g/mol. The van der Waals surface area contributed by atoms with E-state index in [9.17, 15) is 9.18 Å². The zero-order valence-corrected chi connectivity index (χ0v) is 19.6. The Balaban J connectivity index is 1.20. The van der Waals surface area contributed by atoms with Gasteiger partial charge in [0.05, 0.1) is 19.6 Å². The molecule has 2 aromatic rings. The smallest absolute Gasteiger partial charge is 0.231 e. The van der Waals surface area contributed by atoms with E-state index in [4.69, 9.17) is 14.2 Å². The first kappa shape index (κ1) is 23.4. The number of hydrogen-bond acceptors (Lipinski definition) is 6. The number of carbonyl (C=O) groups excluding carboxylic acids is 1. The van der Waals surface area contributed by atoms with Gasteiger partial charge in [0.2, 0.25) is 12.7 Å². The maximum absolute atomic E-state index is 14.6. The molecule has 3 aliphatic heterocycles. The van der Waals surface area contributed by atoms with Gasteiger partial charge in [0.1, 0.15) is 11.6 Å². The Morgan fingerprint density at radius 3 is 3.00 bits per heavy atom. The van der Waals surface area contributed by atoms with Crippen LogP contribution in [0.2, 0.25) is 0 Å². The van der Waals surface area contributed by atoms with Gasteiger partial charge in [-0.2, -0.15) is 0 Å². The highest BCUT2D eigenvalue weighted by molar-refractivity contribution is 5.81. The molecule has 3 aliphatic rings. The number of aliphatic imine (C=N–C) groups is 1. The van der Waals surface area contributed by atoms with Crippen LogP contribution in [0.4, 0.5) is 4.39 Å². The molecule has 0 radical (unpaired) electrons. The quantitative estimate of drug-likeness (QED) is 0.576. The number of nitrogens with zero attached hydrogens (tertiary/aromatic N) is 1. The fraction of sp³-hybridized carbons (Fsp3) is 0.407. The van der Waals surface area contributed by atoms with Crippen LogP contribution in [0.1, 0.15) is 29.9 Å². The number of rotatable bonds is 9. The lowest BCUT2D eigenvalue weighted by Gasteiger charge is -2.32. The van der Waals surface area contributed by atoms with Crippen molar-refractivity contribution < 1.29 is 23.4 Å². The number of benzene rings is 2. The summed E-state index contributed by atoms with van der Waals surface area (Å²) in [4.78, 5) is 16.6. The highest BCUT2D eigenvalue weighted by Crippen LogP contribution is 2.36. The molecule has 0 aromatic heterocycles. The van der Waals surface area contributed by atoms with Gasteiger partial charge in [-0.15, -0.1) is 0 Å². The predicted octanol–water partition coefficient (Wildman–Crippen LogP) is 3.39. The van der Waals surface area contributed by atoms with Gasteiger partial charge in [0, 0.05) is 31.3 Å². The van der Waals surface area contributed by atoms with Crippen LogP contribution in [-0.2, 0) is 11.2 Å². The first-order valence-electron chi connectivity index (χ1n) is 12.1. The molecule has 0 saturated carbocycles. The van der Waals surface area contributed by atoms with Crippen molar-refractivity contribution in [3.05, 3.63) is 65.0 Å². The minimum absolute atomic E-state index is 0.0240. The molecular weight excluding hydrogens is 449 g/mol. The number of halogens is 1. The van der Waals surface area contributed by atoms with Crippen LogP contribution >= 0.6 is 0 Å². The molecule has 0 bridgehead atoms. The summed E-state index contributed by atoms with van der Waals surface area (Å²) < 4.78 is 31.5. The van der Waals surface area contributed by atoms with Gasteiger partial charge >= 0.3 is 0 Å². The Bertz CT molecular complexity index is 1130. The van der Waals surface area contributed by atoms with E-state index in [-0.39, 0.29) is 36.8 Å². The van der Waals surface area contributed by atoms with Crippen molar-refractivity contribution in [1.29, 1.82) is 0 Å². The third-order valence-electron chi connectivity index (χ3n) is 6.72. The first-order valence-corrected chi connectivity index (χ1v) is 12.1. The summed E-state index contributed by atoms with van der Waals surface area (Å²) in [5, 5.41) is 6.33. The molecule has 1 amide bonds. The number of nitrogens with one attached hydrogen (secondary N) is 2. The SMILES string of the molecule is O=C(Cc1cc([C@@H]2CCNC[C@H]2COc2ccc3c(c2)OCO3)ccc1F)NCCC1=CCN=C1.